The van der Waals surface area contributed by atoms with Crippen LogP contribution in [-0.4, -0.2) is 59.2 Å². The molecule has 0 bridgehead atoms. The second-order valence-corrected chi connectivity index (χ2v) is 13.9. The van der Waals surface area contributed by atoms with Crippen molar-refractivity contribution in [1.29, 1.82) is 0 Å². The second kappa shape index (κ2) is 7.86. The molecule has 2 heterocycles. The van der Waals surface area contributed by atoms with E-state index in [4.69, 9.17) is 14.0 Å². The van der Waals surface area contributed by atoms with Crippen molar-refractivity contribution in [3.63, 3.8) is 0 Å². The van der Waals surface area contributed by atoms with Gasteiger partial charge in [0.1, 0.15) is 6.73 Å². The van der Waals surface area contributed by atoms with Gasteiger partial charge in [-0.05, 0) is 57.5 Å². The largest absolute Gasteiger partial charge is 0.494 e. The molecule has 1 fully saturated rings. The van der Waals surface area contributed by atoms with Crippen molar-refractivity contribution in [2.24, 2.45) is 0 Å². The van der Waals surface area contributed by atoms with E-state index in [-0.39, 0.29) is 18.3 Å². The van der Waals surface area contributed by atoms with Crippen molar-refractivity contribution in [2.45, 2.75) is 45.6 Å². The maximum atomic E-state index is 6.13. The summed E-state index contributed by atoms with van der Waals surface area (Å²) in [7, 11) is -0.851. The SMILES string of the molecule is CC1(C)OB(c2ccc(-c3cnn(COCCS(C)(C)C)c3)cc2)OC1(C)C. The zero-order valence-corrected chi connectivity index (χ0v) is 19.0. The molecule has 2 aromatic rings. The molecule has 28 heavy (non-hydrogen) atoms. The molecule has 0 aliphatic carbocycles. The van der Waals surface area contributed by atoms with Crippen LogP contribution in [-0.2, 0) is 20.8 Å². The highest BCUT2D eigenvalue weighted by molar-refractivity contribution is 8.32. The lowest BCUT2D eigenvalue weighted by molar-refractivity contribution is 0.00578. The molecule has 1 aromatic heterocycles. The number of hydrogen-bond donors (Lipinski definition) is 0. The van der Waals surface area contributed by atoms with Gasteiger partial charge in [0.25, 0.3) is 0 Å². The summed E-state index contributed by atoms with van der Waals surface area (Å²) in [4.78, 5) is 0. The van der Waals surface area contributed by atoms with Gasteiger partial charge in [0.05, 0.1) is 24.0 Å². The molecule has 0 radical (unpaired) electrons. The summed E-state index contributed by atoms with van der Waals surface area (Å²) >= 11 is 0. The van der Waals surface area contributed by atoms with Gasteiger partial charge in [-0.1, -0.05) is 24.3 Å². The Morgan fingerprint density at radius 3 is 2.18 bits per heavy atom. The smallest absolute Gasteiger partial charge is 0.399 e. The van der Waals surface area contributed by atoms with Gasteiger partial charge in [-0.2, -0.15) is 5.10 Å². The zero-order valence-electron chi connectivity index (χ0n) is 18.2. The molecule has 1 aliphatic rings. The quantitative estimate of drug-likeness (QED) is 0.523. The number of aromatic nitrogens is 2. The lowest BCUT2D eigenvalue weighted by Gasteiger charge is -2.32. The lowest BCUT2D eigenvalue weighted by Crippen LogP contribution is -2.41. The van der Waals surface area contributed by atoms with Gasteiger partial charge in [-0.25, -0.2) is 14.7 Å². The first kappa shape index (κ1) is 21.4. The topological polar surface area (TPSA) is 45.5 Å². The first-order chi connectivity index (χ1) is 13.0. The maximum absolute atomic E-state index is 6.13. The van der Waals surface area contributed by atoms with E-state index in [2.05, 4.69) is 75.8 Å². The van der Waals surface area contributed by atoms with Crippen molar-refractivity contribution in [3.8, 4) is 11.1 Å². The Labute approximate surface area is 171 Å². The Kier molecular flexibility index (Phi) is 6.02. The fourth-order valence-corrected chi connectivity index (χ4v) is 3.48. The monoisotopic (exact) mass is 404 g/mol. The predicted octanol–water partition coefficient (Wildman–Crippen LogP) is 3.52. The first-order valence-electron chi connectivity index (χ1n) is 9.69. The predicted molar refractivity (Wildman–Crippen MR) is 120 cm³/mol. The van der Waals surface area contributed by atoms with E-state index in [1.54, 1.807) is 0 Å². The van der Waals surface area contributed by atoms with Gasteiger partial charge in [0.15, 0.2) is 0 Å². The Bertz CT molecular complexity index is 781. The molecule has 0 spiro atoms. The first-order valence-corrected chi connectivity index (χ1v) is 12.7. The summed E-state index contributed by atoms with van der Waals surface area (Å²) in [6.07, 6.45) is 10.8. The molecular weight excluding hydrogens is 371 g/mol. The molecule has 0 atom stereocenters. The number of benzene rings is 1. The van der Waals surface area contributed by atoms with Gasteiger partial charge in [-0.15, -0.1) is 0 Å². The van der Waals surface area contributed by atoms with Crippen LogP contribution in [0.2, 0.25) is 0 Å². The molecule has 1 saturated heterocycles. The van der Waals surface area contributed by atoms with Crippen molar-refractivity contribution in [3.05, 3.63) is 36.7 Å². The summed E-state index contributed by atoms with van der Waals surface area (Å²) in [5.41, 5.74) is 2.57. The van der Waals surface area contributed by atoms with E-state index in [1.807, 2.05) is 17.1 Å². The number of hydrogen-bond acceptors (Lipinski definition) is 4. The van der Waals surface area contributed by atoms with E-state index in [0.717, 1.165) is 28.9 Å². The Morgan fingerprint density at radius 1 is 1.00 bits per heavy atom. The zero-order chi connectivity index (χ0) is 20.6. The highest BCUT2D eigenvalue weighted by Gasteiger charge is 2.51. The minimum Gasteiger partial charge on any atom is -0.399 e. The van der Waals surface area contributed by atoms with Crippen LogP contribution in [0.25, 0.3) is 11.1 Å². The molecule has 1 aromatic carbocycles. The van der Waals surface area contributed by atoms with E-state index in [0.29, 0.717) is 6.73 Å². The maximum Gasteiger partial charge on any atom is 0.494 e. The van der Waals surface area contributed by atoms with Gasteiger partial charge in [0, 0.05) is 17.5 Å². The van der Waals surface area contributed by atoms with Crippen molar-refractivity contribution >= 4 is 22.6 Å². The molecule has 0 N–H and O–H groups in total. The highest BCUT2D eigenvalue weighted by Crippen LogP contribution is 2.36. The molecular formula is C21H33BN2O3S. The van der Waals surface area contributed by atoms with E-state index >= 15 is 0 Å². The van der Waals surface area contributed by atoms with Crippen LogP contribution in [0.5, 0.6) is 0 Å². The summed E-state index contributed by atoms with van der Waals surface area (Å²) in [6.45, 7) is 9.54. The summed E-state index contributed by atoms with van der Waals surface area (Å²) < 4.78 is 19.9. The number of ether oxygens (including phenoxy) is 1. The van der Waals surface area contributed by atoms with E-state index in [1.165, 1.54) is 0 Å². The fraction of sp³-hybridized carbons (Fsp3) is 0.571. The molecule has 0 saturated carbocycles. The van der Waals surface area contributed by atoms with Gasteiger partial charge < -0.3 is 14.0 Å². The summed E-state index contributed by atoms with van der Waals surface area (Å²) in [5, 5.41) is 4.41. The third-order valence-electron chi connectivity index (χ3n) is 5.47. The van der Waals surface area contributed by atoms with Gasteiger partial charge >= 0.3 is 7.12 Å². The van der Waals surface area contributed by atoms with Crippen LogP contribution in [0.1, 0.15) is 27.7 Å². The molecule has 7 heteroatoms. The minimum atomic E-state index is -0.517. The van der Waals surface area contributed by atoms with Crippen molar-refractivity contribution < 1.29 is 14.0 Å². The van der Waals surface area contributed by atoms with Gasteiger partial charge in [-0.3, -0.25) is 0 Å². The van der Waals surface area contributed by atoms with Crippen LogP contribution in [0.3, 0.4) is 0 Å². The molecule has 154 valence electrons. The Balaban J connectivity index is 1.60. The number of rotatable bonds is 7. The Morgan fingerprint density at radius 2 is 1.61 bits per heavy atom. The van der Waals surface area contributed by atoms with Crippen molar-refractivity contribution in [1.82, 2.24) is 9.78 Å². The third-order valence-corrected chi connectivity index (χ3v) is 6.86. The van der Waals surface area contributed by atoms with Gasteiger partial charge in [0.2, 0.25) is 0 Å². The molecule has 0 amide bonds. The summed E-state index contributed by atoms with van der Waals surface area (Å²) in [5.74, 6) is 1.11. The summed E-state index contributed by atoms with van der Waals surface area (Å²) in [6, 6.07) is 8.31. The molecule has 1 aliphatic heterocycles. The van der Waals surface area contributed by atoms with Crippen molar-refractivity contribution in [2.75, 3.05) is 31.1 Å². The highest BCUT2D eigenvalue weighted by atomic mass is 32.3. The second-order valence-electron chi connectivity index (χ2n) is 9.31. The third kappa shape index (κ3) is 5.01. The van der Waals surface area contributed by atoms with Crippen LogP contribution in [0.15, 0.2) is 36.7 Å². The molecule has 3 rings (SSSR count). The van der Waals surface area contributed by atoms with Crippen LogP contribution < -0.4 is 5.46 Å². The fourth-order valence-electron chi connectivity index (χ4n) is 2.86. The average Bonchev–Trinajstić information content (AvgIpc) is 3.13. The van der Waals surface area contributed by atoms with E-state index < -0.39 is 10.0 Å². The minimum absolute atomic E-state index is 0.327. The lowest BCUT2D eigenvalue weighted by atomic mass is 9.78. The van der Waals surface area contributed by atoms with Crippen LogP contribution in [0, 0.1) is 0 Å². The van der Waals surface area contributed by atoms with E-state index in [9.17, 15) is 0 Å². The average molecular weight is 404 g/mol. The number of nitrogens with zero attached hydrogens (tertiary/aromatic N) is 2. The standard InChI is InChI=1S/C21H33BN2O3S/c1-20(2)21(3,4)27-22(26-20)19-10-8-17(9-11-19)18-14-23-24(15-18)16-25-12-13-28(5,6)7/h8-11,14-15H,12-13,16H2,1-7H3. The van der Waals surface area contributed by atoms with Crippen LogP contribution >= 0.6 is 10.0 Å². The normalized spacial score (nSPS) is 19.2. The molecule has 0 unspecified atom stereocenters. The molecule has 5 nitrogen and oxygen atoms in total. The van der Waals surface area contributed by atoms with Crippen LogP contribution in [0.4, 0.5) is 0 Å². The Hall–Kier alpha value is -1.28.